The number of ether oxygens (including phenoxy) is 1. The van der Waals surface area contributed by atoms with Crippen LogP contribution in [0.25, 0.3) is 6.08 Å². The number of rotatable bonds is 3. The third-order valence-corrected chi connectivity index (χ3v) is 1.69. The first-order chi connectivity index (χ1) is 6.76. The van der Waals surface area contributed by atoms with Crippen molar-refractivity contribution in [2.45, 2.75) is 0 Å². The number of anilines is 1. The lowest BCUT2D eigenvalue weighted by molar-refractivity contribution is -0.134. The lowest BCUT2D eigenvalue weighted by Crippen LogP contribution is -2.05. The molecule has 0 saturated heterocycles. The Kier molecular flexibility index (Phi) is 3.69. The molecule has 1 rings (SSSR count). The summed E-state index contributed by atoms with van der Waals surface area (Å²) in [6.45, 7) is 0. The van der Waals surface area contributed by atoms with Gasteiger partial charge in [0.05, 0.1) is 7.11 Å². The Hall–Kier alpha value is -1.81. The first-order valence-electron chi connectivity index (χ1n) is 4.09. The summed E-state index contributed by atoms with van der Waals surface area (Å²) in [6, 6.07) is 7.32. The van der Waals surface area contributed by atoms with Crippen LogP contribution < -0.4 is 11.3 Å². The van der Waals surface area contributed by atoms with Gasteiger partial charge in [-0.05, 0) is 23.8 Å². The van der Waals surface area contributed by atoms with Crippen molar-refractivity contribution in [3.05, 3.63) is 35.9 Å². The number of hydrazine groups is 1. The Morgan fingerprint density at radius 1 is 1.43 bits per heavy atom. The smallest absolute Gasteiger partial charge is 0.330 e. The van der Waals surface area contributed by atoms with Gasteiger partial charge in [0.15, 0.2) is 0 Å². The number of nitrogens with one attached hydrogen (secondary N) is 1. The molecule has 0 spiro atoms. The molecule has 0 aromatic heterocycles. The highest BCUT2D eigenvalue weighted by molar-refractivity contribution is 5.86. The van der Waals surface area contributed by atoms with Gasteiger partial charge in [-0.25, -0.2) is 4.79 Å². The molecule has 0 radical (unpaired) electrons. The van der Waals surface area contributed by atoms with Crippen LogP contribution in [0.15, 0.2) is 30.3 Å². The number of hydrogen-bond acceptors (Lipinski definition) is 4. The van der Waals surface area contributed by atoms with Gasteiger partial charge in [0.1, 0.15) is 0 Å². The largest absolute Gasteiger partial charge is 0.466 e. The van der Waals surface area contributed by atoms with Crippen LogP contribution in [0, 0.1) is 0 Å². The van der Waals surface area contributed by atoms with Crippen molar-refractivity contribution in [2.24, 2.45) is 5.84 Å². The molecule has 0 bridgehead atoms. The molecule has 3 N–H and O–H groups in total. The van der Waals surface area contributed by atoms with E-state index in [9.17, 15) is 4.79 Å². The number of carbonyl (C=O) groups excluding carboxylic acids is 1. The van der Waals surface area contributed by atoms with E-state index < -0.39 is 0 Å². The lowest BCUT2D eigenvalue weighted by atomic mass is 10.2. The molecule has 0 aliphatic rings. The predicted octanol–water partition coefficient (Wildman–Crippen LogP) is 1.16. The average molecular weight is 192 g/mol. The minimum atomic E-state index is -0.369. The van der Waals surface area contributed by atoms with Gasteiger partial charge >= 0.3 is 5.97 Å². The van der Waals surface area contributed by atoms with Crippen molar-refractivity contribution in [1.29, 1.82) is 0 Å². The molecule has 74 valence electrons. The second kappa shape index (κ2) is 5.04. The summed E-state index contributed by atoms with van der Waals surface area (Å²) in [4.78, 5) is 10.8. The van der Waals surface area contributed by atoms with E-state index in [2.05, 4.69) is 10.2 Å². The van der Waals surface area contributed by atoms with E-state index in [-0.39, 0.29) is 5.97 Å². The summed E-state index contributed by atoms with van der Waals surface area (Å²) in [7, 11) is 1.34. The normalized spacial score (nSPS) is 10.1. The van der Waals surface area contributed by atoms with Crippen LogP contribution in [0.1, 0.15) is 5.56 Å². The van der Waals surface area contributed by atoms with Crippen LogP contribution in [-0.4, -0.2) is 13.1 Å². The molecule has 0 heterocycles. The maximum absolute atomic E-state index is 10.8. The third kappa shape index (κ3) is 2.91. The number of nitrogen functional groups attached to an aromatic ring is 1. The van der Waals surface area contributed by atoms with E-state index in [0.717, 1.165) is 11.3 Å². The Labute approximate surface area is 82.3 Å². The van der Waals surface area contributed by atoms with Crippen molar-refractivity contribution >= 4 is 17.7 Å². The van der Waals surface area contributed by atoms with Crippen LogP contribution in [0.5, 0.6) is 0 Å². The standard InChI is InChI=1S/C10H12N2O2/c1-14-10(13)7-4-8-2-5-9(12-11)6-3-8/h2-7,12H,11H2,1H3. The minimum absolute atomic E-state index is 0.369. The Morgan fingerprint density at radius 2 is 2.07 bits per heavy atom. The molecule has 0 unspecified atom stereocenters. The van der Waals surface area contributed by atoms with Crippen molar-refractivity contribution in [3.8, 4) is 0 Å². The number of nitrogens with two attached hydrogens (primary N) is 1. The lowest BCUT2D eigenvalue weighted by Gasteiger charge is -1.98. The zero-order valence-corrected chi connectivity index (χ0v) is 7.86. The van der Waals surface area contributed by atoms with Gasteiger partial charge in [-0.15, -0.1) is 0 Å². The van der Waals surface area contributed by atoms with Gasteiger partial charge in [0.25, 0.3) is 0 Å². The van der Waals surface area contributed by atoms with E-state index in [1.807, 2.05) is 24.3 Å². The van der Waals surface area contributed by atoms with Gasteiger partial charge < -0.3 is 10.2 Å². The number of benzene rings is 1. The van der Waals surface area contributed by atoms with E-state index in [1.54, 1.807) is 6.08 Å². The van der Waals surface area contributed by atoms with Crippen molar-refractivity contribution < 1.29 is 9.53 Å². The molecule has 0 atom stereocenters. The molecular formula is C10H12N2O2. The minimum Gasteiger partial charge on any atom is -0.466 e. The fraction of sp³-hybridized carbons (Fsp3) is 0.100. The number of carbonyl (C=O) groups is 1. The van der Waals surface area contributed by atoms with Gasteiger partial charge in [-0.3, -0.25) is 5.84 Å². The SMILES string of the molecule is COC(=O)C=Cc1ccc(NN)cc1. The molecular weight excluding hydrogens is 180 g/mol. The molecule has 4 heteroatoms. The average Bonchev–Trinajstić information content (AvgIpc) is 2.26. The van der Waals surface area contributed by atoms with Gasteiger partial charge in [0.2, 0.25) is 0 Å². The summed E-state index contributed by atoms with van der Waals surface area (Å²) in [5.74, 6) is 4.83. The second-order valence-corrected chi connectivity index (χ2v) is 2.62. The second-order valence-electron chi connectivity index (χ2n) is 2.62. The summed E-state index contributed by atoms with van der Waals surface area (Å²) >= 11 is 0. The van der Waals surface area contributed by atoms with E-state index in [0.29, 0.717) is 0 Å². The van der Waals surface area contributed by atoms with Crippen LogP contribution >= 0.6 is 0 Å². The van der Waals surface area contributed by atoms with Crippen molar-refractivity contribution in [1.82, 2.24) is 0 Å². The number of esters is 1. The summed E-state index contributed by atoms with van der Waals surface area (Å²) < 4.78 is 4.46. The maximum atomic E-state index is 10.8. The first-order valence-corrected chi connectivity index (χ1v) is 4.09. The van der Waals surface area contributed by atoms with E-state index in [4.69, 9.17) is 5.84 Å². The highest BCUT2D eigenvalue weighted by Crippen LogP contribution is 2.09. The fourth-order valence-electron chi connectivity index (χ4n) is 0.923. The summed E-state index contributed by atoms with van der Waals surface area (Å²) in [6.07, 6.45) is 3.04. The first kappa shape index (κ1) is 10.3. The van der Waals surface area contributed by atoms with Crippen molar-refractivity contribution in [2.75, 3.05) is 12.5 Å². The molecule has 0 aliphatic heterocycles. The molecule has 0 amide bonds. The maximum Gasteiger partial charge on any atom is 0.330 e. The Balaban J connectivity index is 2.68. The Bertz CT molecular complexity index is 330. The van der Waals surface area contributed by atoms with E-state index in [1.165, 1.54) is 13.2 Å². The molecule has 0 saturated carbocycles. The summed E-state index contributed by atoms with van der Waals surface area (Å²) in [5, 5.41) is 0. The molecule has 1 aromatic rings. The van der Waals surface area contributed by atoms with E-state index >= 15 is 0 Å². The Morgan fingerprint density at radius 3 is 2.57 bits per heavy atom. The third-order valence-electron chi connectivity index (χ3n) is 1.69. The molecule has 1 aromatic carbocycles. The fourth-order valence-corrected chi connectivity index (χ4v) is 0.923. The molecule has 14 heavy (non-hydrogen) atoms. The van der Waals surface area contributed by atoms with Gasteiger partial charge in [-0.1, -0.05) is 12.1 Å². The van der Waals surface area contributed by atoms with Crippen LogP contribution in [0.3, 0.4) is 0 Å². The molecule has 0 fully saturated rings. The van der Waals surface area contributed by atoms with Crippen LogP contribution in [0.4, 0.5) is 5.69 Å². The zero-order valence-electron chi connectivity index (χ0n) is 7.86. The number of methoxy groups -OCH3 is 1. The quantitative estimate of drug-likeness (QED) is 0.326. The van der Waals surface area contributed by atoms with Gasteiger partial charge in [-0.2, -0.15) is 0 Å². The highest BCUT2D eigenvalue weighted by Gasteiger charge is 1.92. The van der Waals surface area contributed by atoms with Gasteiger partial charge in [0, 0.05) is 11.8 Å². The number of hydrogen-bond donors (Lipinski definition) is 2. The zero-order chi connectivity index (χ0) is 10.4. The predicted molar refractivity (Wildman–Crippen MR) is 55.3 cm³/mol. The van der Waals surface area contributed by atoms with Crippen LogP contribution in [0.2, 0.25) is 0 Å². The monoisotopic (exact) mass is 192 g/mol. The molecule has 0 aliphatic carbocycles. The van der Waals surface area contributed by atoms with Crippen LogP contribution in [-0.2, 0) is 9.53 Å². The topological polar surface area (TPSA) is 64.3 Å². The van der Waals surface area contributed by atoms with Crippen molar-refractivity contribution in [3.63, 3.8) is 0 Å². The highest BCUT2D eigenvalue weighted by atomic mass is 16.5. The molecule has 4 nitrogen and oxygen atoms in total. The summed E-state index contributed by atoms with van der Waals surface area (Å²) in [5.41, 5.74) is 4.25.